The van der Waals surface area contributed by atoms with E-state index in [-0.39, 0.29) is 0 Å². The van der Waals surface area contributed by atoms with Crippen LogP contribution in [0.25, 0.3) is 0 Å². The normalized spacial score (nSPS) is 36.0. The molecular formula is C7H15NS. The second-order valence-corrected chi connectivity index (χ2v) is 4.18. The molecule has 1 nitrogen and oxygen atoms in total. The molecule has 1 aliphatic rings. The van der Waals surface area contributed by atoms with Crippen LogP contribution in [0.3, 0.4) is 0 Å². The van der Waals surface area contributed by atoms with Gasteiger partial charge in [0.1, 0.15) is 0 Å². The molecule has 54 valence electrons. The smallest absolute Gasteiger partial charge is 0.0423 e. The monoisotopic (exact) mass is 145 g/mol. The Morgan fingerprint density at radius 2 is 2.22 bits per heavy atom. The van der Waals surface area contributed by atoms with Crippen LogP contribution in [0.5, 0.6) is 0 Å². The Hall–Kier alpha value is 0.310. The van der Waals surface area contributed by atoms with Crippen LogP contribution in [0.2, 0.25) is 0 Å². The lowest BCUT2D eigenvalue weighted by molar-refractivity contribution is 0.504. The van der Waals surface area contributed by atoms with Gasteiger partial charge in [-0.2, -0.15) is 0 Å². The van der Waals surface area contributed by atoms with Crippen LogP contribution in [0, 0.1) is 5.92 Å². The molecule has 2 unspecified atom stereocenters. The lowest BCUT2D eigenvalue weighted by atomic mass is 10.1. The van der Waals surface area contributed by atoms with Gasteiger partial charge in [0.25, 0.3) is 0 Å². The van der Waals surface area contributed by atoms with Crippen molar-refractivity contribution in [2.24, 2.45) is 5.92 Å². The summed E-state index contributed by atoms with van der Waals surface area (Å²) in [7, 11) is 0. The molecule has 0 aliphatic carbocycles. The van der Waals surface area contributed by atoms with Crippen molar-refractivity contribution in [3.05, 3.63) is 0 Å². The molecule has 0 aromatic heterocycles. The molecule has 0 saturated carbocycles. The SMILES string of the molecule is CC(C)C1SCNC1C. The number of thioether (sulfide) groups is 1. The van der Waals surface area contributed by atoms with E-state index < -0.39 is 0 Å². The Kier molecular flexibility index (Phi) is 2.42. The van der Waals surface area contributed by atoms with Gasteiger partial charge in [-0.05, 0) is 12.8 Å². The molecule has 0 aromatic carbocycles. The van der Waals surface area contributed by atoms with Crippen LogP contribution in [-0.2, 0) is 0 Å². The third-order valence-corrected chi connectivity index (χ3v) is 3.50. The van der Waals surface area contributed by atoms with E-state index in [1.807, 2.05) is 11.8 Å². The van der Waals surface area contributed by atoms with E-state index in [1.165, 1.54) is 0 Å². The summed E-state index contributed by atoms with van der Waals surface area (Å²) >= 11 is 2.05. The average Bonchev–Trinajstić information content (AvgIpc) is 2.13. The standard InChI is InChI=1S/C7H15NS/c1-5(2)7-6(3)8-4-9-7/h5-8H,4H2,1-3H3. The highest BCUT2D eigenvalue weighted by Gasteiger charge is 2.25. The first kappa shape index (κ1) is 7.42. The molecule has 1 heterocycles. The second kappa shape index (κ2) is 2.93. The highest BCUT2D eigenvalue weighted by Crippen LogP contribution is 2.26. The number of hydrogen-bond donors (Lipinski definition) is 1. The van der Waals surface area contributed by atoms with Crippen molar-refractivity contribution in [3.63, 3.8) is 0 Å². The van der Waals surface area contributed by atoms with E-state index in [1.54, 1.807) is 0 Å². The molecule has 2 atom stereocenters. The molecule has 1 N–H and O–H groups in total. The van der Waals surface area contributed by atoms with Crippen molar-refractivity contribution in [3.8, 4) is 0 Å². The van der Waals surface area contributed by atoms with Crippen molar-refractivity contribution in [2.75, 3.05) is 5.88 Å². The molecule has 1 rings (SSSR count). The minimum absolute atomic E-state index is 0.718. The van der Waals surface area contributed by atoms with Gasteiger partial charge in [0, 0.05) is 17.2 Å². The Balaban J connectivity index is 2.40. The van der Waals surface area contributed by atoms with Crippen LogP contribution in [0.1, 0.15) is 20.8 Å². The summed E-state index contributed by atoms with van der Waals surface area (Å²) in [6.07, 6.45) is 0. The van der Waals surface area contributed by atoms with Gasteiger partial charge in [-0.3, -0.25) is 0 Å². The molecule has 0 bridgehead atoms. The zero-order valence-corrected chi connectivity index (χ0v) is 7.16. The van der Waals surface area contributed by atoms with Crippen molar-refractivity contribution >= 4 is 11.8 Å². The maximum absolute atomic E-state index is 3.41. The molecule has 1 fully saturated rings. The van der Waals surface area contributed by atoms with Gasteiger partial charge < -0.3 is 5.32 Å². The van der Waals surface area contributed by atoms with E-state index in [2.05, 4.69) is 26.1 Å². The Labute approximate surface area is 61.6 Å². The van der Waals surface area contributed by atoms with E-state index in [0.717, 1.165) is 23.1 Å². The van der Waals surface area contributed by atoms with Crippen LogP contribution in [0.4, 0.5) is 0 Å². The highest BCUT2D eigenvalue weighted by atomic mass is 32.2. The van der Waals surface area contributed by atoms with Gasteiger partial charge in [-0.1, -0.05) is 13.8 Å². The summed E-state index contributed by atoms with van der Waals surface area (Å²) in [4.78, 5) is 0. The highest BCUT2D eigenvalue weighted by molar-refractivity contribution is 8.00. The Morgan fingerprint density at radius 1 is 1.56 bits per heavy atom. The quantitative estimate of drug-likeness (QED) is 0.602. The van der Waals surface area contributed by atoms with E-state index in [0.29, 0.717) is 0 Å². The fourth-order valence-electron chi connectivity index (χ4n) is 1.31. The summed E-state index contributed by atoms with van der Waals surface area (Å²) in [6.45, 7) is 6.85. The summed E-state index contributed by atoms with van der Waals surface area (Å²) in [5, 5.41) is 4.25. The van der Waals surface area contributed by atoms with Crippen molar-refractivity contribution < 1.29 is 0 Å². The van der Waals surface area contributed by atoms with Crippen molar-refractivity contribution in [2.45, 2.75) is 32.1 Å². The molecular weight excluding hydrogens is 130 g/mol. The predicted octanol–water partition coefficient (Wildman–Crippen LogP) is 1.69. The number of rotatable bonds is 1. The van der Waals surface area contributed by atoms with Crippen LogP contribution < -0.4 is 5.32 Å². The van der Waals surface area contributed by atoms with Gasteiger partial charge in [0.15, 0.2) is 0 Å². The van der Waals surface area contributed by atoms with Crippen LogP contribution in [0.15, 0.2) is 0 Å². The first-order valence-electron chi connectivity index (χ1n) is 3.57. The first-order valence-corrected chi connectivity index (χ1v) is 4.61. The third kappa shape index (κ3) is 1.62. The molecule has 1 aliphatic heterocycles. The Morgan fingerprint density at radius 3 is 2.44 bits per heavy atom. The summed E-state index contributed by atoms with van der Waals surface area (Å²) in [6, 6.07) is 0.718. The van der Waals surface area contributed by atoms with Gasteiger partial charge in [0.05, 0.1) is 0 Å². The van der Waals surface area contributed by atoms with Gasteiger partial charge in [0.2, 0.25) is 0 Å². The topological polar surface area (TPSA) is 12.0 Å². The minimum Gasteiger partial charge on any atom is -0.304 e. The second-order valence-electron chi connectivity index (χ2n) is 3.01. The third-order valence-electron chi connectivity index (χ3n) is 1.83. The maximum atomic E-state index is 3.41. The molecule has 1 saturated heterocycles. The van der Waals surface area contributed by atoms with Crippen LogP contribution in [-0.4, -0.2) is 17.2 Å². The zero-order chi connectivity index (χ0) is 6.85. The minimum atomic E-state index is 0.718. The molecule has 0 aromatic rings. The predicted molar refractivity (Wildman–Crippen MR) is 43.7 cm³/mol. The van der Waals surface area contributed by atoms with E-state index in [9.17, 15) is 0 Å². The fraction of sp³-hybridized carbons (Fsp3) is 1.00. The van der Waals surface area contributed by atoms with Gasteiger partial charge in [-0.15, -0.1) is 11.8 Å². The summed E-state index contributed by atoms with van der Waals surface area (Å²) in [5.41, 5.74) is 0. The van der Waals surface area contributed by atoms with Crippen molar-refractivity contribution in [1.82, 2.24) is 5.32 Å². The molecule has 0 spiro atoms. The fourth-order valence-corrected chi connectivity index (χ4v) is 2.63. The number of nitrogens with one attached hydrogen (secondary N) is 1. The molecule has 0 radical (unpaired) electrons. The van der Waals surface area contributed by atoms with Crippen molar-refractivity contribution in [1.29, 1.82) is 0 Å². The Bertz CT molecular complexity index is 92.9. The molecule has 0 amide bonds. The number of hydrogen-bond acceptors (Lipinski definition) is 2. The average molecular weight is 145 g/mol. The van der Waals surface area contributed by atoms with Gasteiger partial charge >= 0.3 is 0 Å². The van der Waals surface area contributed by atoms with E-state index in [4.69, 9.17) is 0 Å². The van der Waals surface area contributed by atoms with Crippen LogP contribution >= 0.6 is 11.8 Å². The molecule has 2 heteroatoms. The lowest BCUT2D eigenvalue weighted by Crippen LogP contribution is -2.29. The molecule has 9 heavy (non-hydrogen) atoms. The largest absolute Gasteiger partial charge is 0.304 e. The zero-order valence-electron chi connectivity index (χ0n) is 6.35. The maximum Gasteiger partial charge on any atom is 0.0423 e. The lowest BCUT2D eigenvalue weighted by Gasteiger charge is -2.17. The summed E-state index contributed by atoms with van der Waals surface area (Å²) < 4.78 is 0. The van der Waals surface area contributed by atoms with Gasteiger partial charge in [-0.25, -0.2) is 0 Å². The van der Waals surface area contributed by atoms with E-state index >= 15 is 0 Å². The summed E-state index contributed by atoms with van der Waals surface area (Å²) in [5.74, 6) is 1.96. The first-order chi connectivity index (χ1) is 4.22.